The number of phenols is 1. The molecule has 6 aromatic carbocycles. The number of hydrogen-bond acceptors (Lipinski definition) is 3. The molecular weight excluding hydrogens is 1030 g/mol. The summed E-state index contributed by atoms with van der Waals surface area (Å²) >= 11 is 0. The molecule has 0 atom stereocenters. The number of pyridine rings is 1. The van der Waals surface area contributed by atoms with Gasteiger partial charge in [0, 0.05) is 56.4 Å². The minimum Gasteiger partial charge on any atom is -0.507 e. The van der Waals surface area contributed by atoms with Crippen molar-refractivity contribution in [2.24, 2.45) is 5.41 Å². The van der Waals surface area contributed by atoms with Crippen LogP contribution in [0.1, 0.15) is 158 Å². The number of aromatic nitrogens is 3. The first-order valence-electron chi connectivity index (χ1n) is 28.5. The fourth-order valence-corrected chi connectivity index (χ4v) is 8.91. The van der Waals surface area contributed by atoms with Crippen LogP contribution in [0.2, 0.25) is 0 Å². The Morgan fingerprint density at radius 2 is 1.13 bits per heavy atom. The summed E-state index contributed by atoms with van der Waals surface area (Å²) < 4.78 is 76.3. The molecule has 0 bridgehead atoms. The maximum Gasteiger partial charge on any atom is 0.148 e. The number of para-hydroxylation sites is 1. The number of aromatic hydroxyl groups is 1. The Balaban J connectivity index is 0.00000903. The van der Waals surface area contributed by atoms with Crippen molar-refractivity contribution in [2.75, 3.05) is 0 Å². The van der Waals surface area contributed by atoms with Crippen molar-refractivity contribution in [2.45, 2.75) is 145 Å². The minimum absolute atomic E-state index is 0. The summed E-state index contributed by atoms with van der Waals surface area (Å²) in [5.74, 6) is 0.767. The van der Waals surface area contributed by atoms with E-state index in [-0.39, 0.29) is 54.0 Å². The van der Waals surface area contributed by atoms with Gasteiger partial charge in [0.05, 0.1) is 22.3 Å². The molecule has 0 fully saturated rings. The zero-order valence-electron chi connectivity index (χ0n) is 52.3. The van der Waals surface area contributed by atoms with Gasteiger partial charge in [-0.2, -0.15) is 0 Å². The van der Waals surface area contributed by atoms with Crippen molar-refractivity contribution in [3.05, 3.63) is 167 Å². The largest absolute Gasteiger partial charge is 0.507 e. The molecule has 0 saturated carbocycles. The first kappa shape index (κ1) is 41.1. The van der Waals surface area contributed by atoms with E-state index in [1.165, 1.54) is 17.7 Å². The van der Waals surface area contributed by atoms with Gasteiger partial charge in [-0.3, -0.25) is 9.55 Å². The second-order valence-electron chi connectivity index (χ2n) is 23.5. The predicted molar refractivity (Wildman–Crippen MR) is 294 cm³/mol. The Kier molecular flexibility index (Phi) is 10.9. The van der Waals surface area contributed by atoms with Crippen molar-refractivity contribution in [1.82, 2.24) is 14.5 Å². The van der Waals surface area contributed by atoms with Gasteiger partial charge in [0.2, 0.25) is 0 Å². The average Bonchev–Trinajstić information content (AvgIpc) is 3.92. The van der Waals surface area contributed by atoms with Crippen LogP contribution in [-0.2, 0) is 48.1 Å². The SMILES string of the molecule is [2H]C([2H])([2H])C(c1ccc(-c2ccnc(-c3[c-]c(-c4cccc5c4nc(-c4cc(C(C)(C)C)cc(C(C)(C)C)c4O)n5-c4ccc(C(C)(C)C(C)(C)C)cc4-c4ccccc4)cc(C(C)(C)C)c3)c2)cc1)(C([2H])([2H])[2H])C([2H])([2H])[2H].[Pt]. The third-order valence-corrected chi connectivity index (χ3v) is 14.3. The molecule has 0 amide bonds. The molecule has 0 unspecified atom stereocenters. The maximum absolute atomic E-state index is 12.7. The maximum atomic E-state index is 12.7. The number of benzene rings is 6. The number of rotatable bonds is 7. The van der Waals surface area contributed by atoms with E-state index in [1.807, 2.05) is 18.2 Å². The van der Waals surface area contributed by atoms with Crippen LogP contribution in [-0.4, -0.2) is 19.6 Å². The molecule has 0 aliphatic carbocycles. The quantitative estimate of drug-likeness (QED) is 0.162. The Morgan fingerprint density at radius 3 is 1.74 bits per heavy atom. The second-order valence-corrected chi connectivity index (χ2v) is 23.5. The average molecular weight is 1120 g/mol. The monoisotopic (exact) mass is 1120 g/mol. The topological polar surface area (TPSA) is 50.9 Å². The van der Waals surface area contributed by atoms with E-state index in [1.54, 1.807) is 24.4 Å². The summed E-state index contributed by atoms with van der Waals surface area (Å²) in [5, 5.41) is 12.7. The summed E-state index contributed by atoms with van der Waals surface area (Å²) in [4.78, 5) is 10.5. The fourth-order valence-electron chi connectivity index (χ4n) is 8.91. The Hall–Kier alpha value is -5.57. The summed E-state index contributed by atoms with van der Waals surface area (Å²) in [7, 11) is 0. The Bertz CT molecular complexity index is 3510. The number of imidazole rings is 1. The number of phenolic OH excluding ortho intramolecular Hbond substituents is 1. The van der Waals surface area contributed by atoms with E-state index >= 15 is 0 Å². The van der Waals surface area contributed by atoms with Crippen LogP contribution in [0.5, 0.6) is 5.75 Å². The van der Waals surface area contributed by atoms with E-state index < -0.39 is 31.4 Å². The van der Waals surface area contributed by atoms with Gasteiger partial charge in [-0.15, -0.1) is 29.3 Å². The Labute approximate surface area is 447 Å². The zero-order valence-corrected chi connectivity index (χ0v) is 45.6. The van der Waals surface area contributed by atoms with Gasteiger partial charge in [0.15, 0.2) is 0 Å². The summed E-state index contributed by atoms with van der Waals surface area (Å²) in [6.07, 6.45) is 1.67. The number of fused-ring (bicyclic) bond motifs is 1. The molecule has 8 aromatic rings. The third kappa shape index (κ3) is 10.1. The van der Waals surface area contributed by atoms with Crippen LogP contribution in [0.4, 0.5) is 0 Å². The van der Waals surface area contributed by atoms with Crippen LogP contribution in [0.25, 0.3) is 72.7 Å². The van der Waals surface area contributed by atoms with Crippen LogP contribution in [0, 0.1) is 11.5 Å². The number of nitrogens with zero attached hydrogens (tertiary/aromatic N) is 3. The summed E-state index contributed by atoms with van der Waals surface area (Å²) in [6, 6.07) is 45.0. The Morgan fingerprint density at radius 1 is 0.514 bits per heavy atom. The van der Waals surface area contributed by atoms with E-state index in [0.717, 1.165) is 50.1 Å². The molecule has 0 saturated heterocycles. The molecule has 2 heterocycles. The molecule has 1 N–H and O–H groups in total. The molecule has 8 rings (SSSR count). The van der Waals surface area contributed by atoms with Gasteiger partial charge in [-0.25, -0.2) is 4.98 Å². The molecular formula is C65H74N3OPt-. The third-order valence-electron chi connectivity index (χ3n) is 14.3. The van der Waals surface area contributed by atoms with Crippen LogP contribution >= 0.6 is 0 Å². The normalized spacial score (nSPS) is 15.3. The van der Waals surface area contributed by atoms with Crippen LogP contribution in [0.15, 0.2) is 134 Å². The van der Waals surface area contributed by atoms with Crippen molar-refractivity contribution in [3.63, 3.8) is 0 Å². The van der Waals surface area contributed by atoms with Gasteiger partial charge < -0.3 is 5.11 Å². The molecule has 5 heteroatoms. The van der Waals surface area contributed by atoms with Crippen molar-refractivity contribution in [1.29, 1.82) is 0 Å². The molecule has 70 heavy (non-hydrogen) atoms. The first-order valence-corrected chi connectivity index (χ1v) is 24.0. The van der Waals surface area contributed by atoms with Crippen molar-refractivity contribution < 1.29 is 38.5 Å². The fraction of sp³-hybridized carbons (Fsp3) is 0.354. The van der Waals surface area contributed by atoms with Crippen molar-refractivity contribution in [3.8, 4) is 67.5 Å². The van der Waals surface area contributed by atoms with Crippen molar-refractivity contribution >= 4 is 11.0 Å². The van der Waals surface area contributed by atoms with E-state index in [2.05, 4.69) is 186 Å². The predicted octanol–water partition coefficient (Wildman–Crippen LogP) is 17.8. The molecule has 366 valence electrons. The summed E-state index contributed by atoms with van der Waals surface area (Å²) in [6.45, 7) is 20.7. The molecule has 0 aliphatic heterocycles. The van der Waals surface area contributed by atoms with E-state index in [0.29, 0.717) is 39.3 Å². The van der Waals surface area contributed by atoms with Crippen LogP contribution in [0.3, 0.4) is 0 Å². The zero-order chi connectivity index (χ0) is 57.7. The smallest absolute Gasteiger partial charge is 0.148 e. The van der Waals surface area contributed by atoms with Crippen LogP contribution < -0.4 is 0 Å². The summed E-state index contributed by atoms with van der Waals surface area (Å²) in [5.41, 5.74) is 8.73. The molecule has 2 aromatic heterocycles. The molecule has 0 radical (unpaired) electrons. The molecule has 0 spiro atoms. The van der Waals surface area contributed by atoms with Gasteiger partial charge in [0.1, 0.15) is 11.6 Å². The van der Waals surface area contributed by atoms with Gasteiger partial charge >= 0.3 is 0 Å². The minimum atomic E-state index is -3.38. The van der Waals surface area contributed by atoms with E-state index in [9.17, 15) is 5.11 Å². The second kappa shape index (κ2) is 18.6. The van der Waals surface area contributed by atoms with E-state index in [4.69, 9.17) is 22.3 Å². The molecule has 0 aliphatic rings. The van der Waals surface area contributed by atoms with Gasteiger partial charge in [0.25, 0.3) is 0 Å². The standard InChI is InChI=1S/C65H74N3O.Pt/c1-60(2,3)46-28-26-41(27-29-46)43-32-33-66-54(37-43)45-34-44(35-48(36-45)61(4,5)6)50-24-21-25-56-57(50)67-59(52-39-49(62(7,8)9)40-53(58(52)69)63(10,11)12)68(56)55-31-30-47(65(16,17)64(13,14)15)38-51(55)42-22-19-18-20-23-42;/h18-33,35-40,69H,1-17H3;/q-1;/i1D3,2D3,3D3;. The molecule has 4 nitrogen and oxygen atoms in total. The van der Waals surface area contributed by atoms with Gasteiger partial charge in [-0.05, 0) is 96.2 Å². The number of hydrogen-bond donors (Lipinski definition) is 1. The van der Waals surface area contributed by atoms with Gasteiger partial charge in [-0.1, -0.05) is 214 Å². The first-order chi connectivity index (χ1) is 35.8.